The van der Waals surface area contributed by atoms with Gasteiger partial charge in [-0.25, -0.2) is 4.68 Å². The van der Waals surface area contributed by atoms with Crippen molar-refractivity contribution in [1.29, 1.82) is 0 Å². The van der Waals surface area contributed by atoms with Crippen LogP contribution < -0.4 is 15.8 Å². The maximum Gasteiger partial charge on any atom is 0.268 e. The summed E-state index contributed by atoms with van der Waals surface area (Å²) in [6.07, 6.45) is 10.2. The molecule has 1 aromatic heterocycles. The summed E-state index contributed by atoms with van der Waals surface area (Å²) >= 11 is 0. The molecule has 1 atom stereocenters. The summed E-state index contributed by atoms with van der Waals surface area (Å²) in [5, 5.41) is 7.22. The minimum atomic E-state index is -0.121. The number of carbonyl (C=O) groups excluding carboxylic acids is 1. The minimum absolute atomic E-state index is 0.0252. The van der Waals surface area contributed by atoms with E-state index in [9.17, 15) is 9.59 Å². The summed E-state index contributed by atoms with van der Waals surface area (Å²) in [6.45, 7) is 3.13. The van der Waals surface area contributed by atoms with Crippen molar-refractivity contribution in [3.8, 4) is 0 Å². The van der Waals surface area contributed by atoms with Gasteiger partial charge in [-0.3, -0.25) is 9.59 Å². The second-order valence-electron chi connectivity index (χ2n) is 8.02. The number of amides is 1. The lowest BCUT2D eigenvalue weighted by molar-refractivity contribution is -0.125. The molecule has 150 valence electrons. The SMILES string of the molecule is CN(CCNC(=O)[C@@H]1CCCN(c2cnn(C)c(=O)c2)C1)C1CCCCC1. The highest BCUT2D eigenvalue weighted by atomic mass is 16.2. The normalized spacial score (nSPS) is 21.4. The Morgan fingerprint density at radius 3 is 2.78 bits per heavy atom. The Balaban J connectivity index is 1.46. The van der Waals surface area contributed by atoms with Gasteiger partial charge in [0.05, 0.1) is 17.8 Å². The zero-order valence-electron chi connectivity index (χ0n) is 16.7. The summed E-state index contributed by atoms with van der Waals surface area (Å²) in [5.74, 6) is 0.108. The van der Waals surface area contributed by atoms with Crippen LogP contribution >= 0.6 is 0 Å². The van der Waals surface area contributed by atoms with Gasteiger partial charge in [0.25, 0.3) is 5.56 Å². The lowest BCUT2D eigenvalue weighted by Crippen LogP contribution is -2.45. The van der Waals surface area contributed by atoms with Crippen molar-refractivity contribution in [3.63, 3.8) is 0 Å². The zero-order chi connectivity index (χ0) is 19.2. The van der Waals surface area contributed by atoms with E-state index < -0.39 is 0 Å². The fourth-order valence-corrected chi connectivity index (χ4v) is 4.26. The van der Waals surface area contributed by atoms with Crippen LogP contribution in [0.4, 0.5) is 5.69 Å². The number of piperidine rings is 1. The molecule has 0 unspecified atom stereocenters. The first-order valence-electron chi connectivity index (χ1n) is 10.3. The molecular formula is C20H33N5O2. The van der Waals surface area contributed by atoms with Crippen molar-refractivity contribution in [2.45, 2.75) is 51.0 Å². The molecule has 2 aliphatic rings. The molecule has 1 saturated heterocycles. The second kappa shape index (κ2) is 9.35. The van der Waals surface area contributed by atoms with Crippen molar-refractivity contribution < 1.29 is 4.79 Å². The first kappa shape index (κ1) is 19.9. The molecule has 0 radical (unpaired) electrons. The summed E-state index contributed by atoms with van der Waals surface area (Å²) in [5.41, 5.74) is 0.692. The molecule has 2 fully saturated rings. The van der Waals surface area contributed by atoms with E-state index in [-0.39, 0.29) is 17.4 Å². The van der Waals surface area contributed by atoms with Gasteiger partial charge >= 0.3 is 0 Å². The molecule has 1 N–H and O–H groups in total. The number of aromatic nitrogens is 2. The third-order valence-corrected chi connectivity index (χ3v) is 6.07. The van der Waals surface area contributed by atoms with Gasteiger partial charge in [-0.05, 0) is 32.7 Å². The van der Waals surface area contributed by atoms with Gasteiger partial charge in [-0.1, -0.05) is 19.3 Å². The lowest BCUT2D eigenvalue weighted by atomic mass is 9.94. The molecule has 3 rings (SSSR count). The quantitative estimate of drug-likeness (QED) is 0.813. The van der Waals surface area contributed by atoms with E-state index in [1.807, 2.05) is 0 Å². The Kier molecular flexibility index (Phi) is 6.88. The average molecular weight is 376 g/mol. The van der Waals surface area contributed by atoms with Gasteiger partial charge in [-0.15, -0.1) is 0 Å². The van der Waals surface area contributed by atoms with Gasteiger partial charge in [0, 0.05) is 45.3 Å². The first-order chi connectivity index (χ1) is 13.0. The number of rotatable bonds is 6. The van der Waals surface area contributed by atoms with Crippen LogP contribution in [-0.4, -0.2) is 59.9 Å². The highest BCUT2D eigenvalue weighted by Gasteiger charge is 2.26. The van der Waals surface area contributed by atoms with E-state index in [0.717, 1.165) is 31.6 Å². The van der Waals surface area contributed by atoms with Gasteiger partial charge in [-0.2, -0.15) is 5.10 Å². The van der Waals surface area contributed by atoms with Crippen molar-refractivity contribution in [3.05, 3.63) is 22.6 Å². The number of carbonyl (C=O) groups is 1. The number of nitrogens with zero attached hydrogens (tertiary/aromatic N) is 4. The molecule has 1 aromatic rings. The molecule has 7 nitrogen and oxygen atoms in total. The molecule has 27 heavy (non-hydrogen) atoms. The molecule has 2 heterocycles. The monoisotopic (exact) mass is 375 g/mol. The molecule has 1 saturated carbocycles. The summed E-state index contributed by atoms with van der Waals surface area (Å²) < 4.78 is 1.32. The molecule has 0 bridgehead atoms. The zero-order valence-corrected chi connectivity index (χ0v) is 16.7. The maximum absolute atomic E-state index is 12.6. The molecule has 1 aliphatic carbocycles. The highest BCUT2D eigenvalue weighted by molar-refractivity contribution is 5.79. The van der Waals surface area contributed by atoms with E-state index in [4.69, 9.17) is 0 Å². The summed E-state index contributed by atoms with van der Waals surface area (Å²) in [6, 6.07) is 2.28. The van der Waals surface area contributed by atoms with Crippen LogP contribution in [0, 0.1) is 5.92 Å². The highest BCUT2D eigenvalue weighted by Crippen LogP contribution is 2.22. The van der Waals surface area contributed by atoms with Crippen molar-refractivity contribution in [1.82, 2.24) is 20.0 Å². The largest absolute Gasteiger partial charge is 0.369 e. The maximum atomic E-state index is 12.6. The van der Waals surface area contributed by atoms with Crippen LogP contribution in [0.3, 0.4) is 0 Å². The number of hydrogen-bond acceptors (Lipinski definition) is 5. The number of aryl methyl sites for hydroxylation is 1. The van der Waals surface area contributed by atoms with E-state index in [2.05, 4.69) is 27.3 Å². The van der Waals surface area contributed by atoms with Crippen LogP contribution in [0.1, 0.15) is 44.9 Å². The third kappa shape index (κ3) is 5.31. The van der Waals surface area contributed by atoms with Crippen molar-refractivity contribution in [2.24, 2.45) is 13.0 Å². The van der Waals surface area contributed by atoms with Gasteiger partial charge in [0.15, 0.2) is 0 Å². The van der Waals surface area contributed by atoms with Crippen molar-refractivity contribution >= 4 is 11.6 Å². The molecular weight excluding hydrogens is 342 g/mol. The fraction of sp³-hybridized carbons (Fsp3) is 0.750. The molecule has 0 spiro atoms. The first-order valence-corrected chi connectivity index (χ1v) is 10.3. The Hall–Kier alpha value is -1.89. The van der Waals surface area contributed by atoms with Crippen LogP contribution in [0.25, 0.3) is 0 Å². The predicted octanol–water partition coefficient (Wildman–Crippen LogP) is 1.38. The average Bonchev–Trinajstić information content (AvgIpc) is 2.70. The van der Waals surface area contributed by atoms with E-state index in [0.29, 0.717) is 19.1 Å². The predicted molar refractivity (Wildman–Crippen MR) is 107 cm³/mol. The van der Waals surface area contributed by atoms with Crippen molar-refractivity contribution in [2.75, 3.05) is 38.1 Å². The van der Waals surface area contributed by atoms with Crippen LogP contribution in [0.2, 0.25) is 0 Å². The molecule has 0 aromatic carbocycles. The van der Waals surface area contributed by atoms with Gasteiger partial charge in [0.1, 0.15) is 0 Å². The summed E-state index contributed by atoms with van der Waals surface area (Å²) in [7, 11) is 3.82. The van der Waals surface area contributed by atoms with E-state index in [1.165, 1.54) is 36.8 Å². The topological polar surface area (TPSA) is 70.5 Å². The van der Waals surface area contributed by atoms with Gasteiger partial charge in [0.2, 0.25) is 5.91 Å². The molecule has 1 amide bonds. The lowest BCUT2D eigenvalue weighted by Gasteiger charge is -2.34. The van der Waals surface area contributed by atoms with Gasteiger partial charge < -0.3 is 15.1 Å². The van der Waals surface area contributed by atoms with Crippen LogP contribution in [0.15, 0.2) is 17.1 Å². The Morgan fingerprint density at radius 1 is 1.26 bits per heavy atom. The van der Waals surface area contributed by atoms with E-state index in [1.54, 1.807) is 19.3 Å². The second-order valence-corrected chi connectivity index (χ2v) is 8.02. The van der Waals surface area contributed by atoms with E-state index >= 15 is 0 Å². The van der Waals surface area contributed by atoms with Crippen LogP contribution in [0.5, 0.6) is 0 Å². The third-order valence-electron chi connectivity index (χ3n) is 6.07. The number of anilines is 1. The minimum Gasteiger partial charge on any atom is -0.369 e. The Morgan fingerprint density at radius 2 is 2.04 bits per heavy atom. The van der Waals surface area contributed by atoms with Crippen LogP contribution in [-0.2, 0) is 11.8 Å². The molecule has 7 heteroatoms. The number of nitrogens with one attached hydrogen (secondary N) is 1. The smallest absolute Gasteiger partial charge is 0.268 e. The standard InChI is InChI=1S/C20H33N5O2/c1-23(17-8-4-3-5-9-17)12-10-21-20(27)16-7-6-11-25(15-16)18-13-19(26)24(2)22-14-18/h13-14,16-17H,3-12,15H2,1-2H3,(H,21,27)/t16-/m1/s1. The summed E-state index contributed by atoms with van der Waals surface area (Å²) in [4.78, 5) is 28.9. The number of likely N-dealkylation sites (N-methyl/N-ethyl adjacent to an activating group) is 1. The number of hydrogen-bond donors (Lipinski definition) is 1. The Labute approximate surface area is 161 Å². The Bertz CT molecular complexity index is 683. The fourth-order valence-electron chi connectivity index (χ4n) is 4.26. The molecule has 1 aliphatic heterocycles.